The summed E-state index contributed by atoms with van der Waals surface area (Å²) in [7, 11) is -1.65. The van der Waals surface area contributed by atoms with Gasteiger partial charge >= 0.3 is 0 Å². The summed E-state index contributed by atoms with van der Waals surface area (Å²) in [5.74, 6) is 0. The van der Waals surface area contributed by atoms with Gasteiger partial charge in [0.25, 0.3) is 10.2 Å². The Labute approximate surface area is 91.8 Å². The van der Waals surface area contributed by atoms with E-state index in [0.717, 1.165) is 6.42 Å². The highest BCUT2D eigenvalue weighted by Gasteiger charge is 2.31. The molecule has 0 spiro atoms. The van der Waals surface area contributed by atoms with Crippen molar-refractivity contribution in [1.29, 1.82) is 0 Å². The third-order valence-corrected chi connectivity index (χ3v) is 4.38. The van der Waals surface area contributed by atoms with Crippen molar-refractivity contribution in [1.82, 2.24) is 8.61 Å². The highest BCUT2D eigenvalue weighted by molar-refractivity contribution is 7.86. The summed E-state index contributed by atoms with van der Waals surface area (Å²) in [5.41, 5.74) is 5.64. The minimum Gasteiger partial charge on any atom is -0.326 e. The van der Waals surface area contributed by atoms with Crippen molar-refractivity contribution < 1.29 is 8.42 Å². The second-order valence-corrected chi connectivity index (χ2v) is 5.36. The van der Waals surface area contributed by atoms with E-state index in [1.807, 2.05) is 6.92 Å². The molecule has 0 aromatic rings. The Morgan fingerprint density at radius 2 is 2.14 bits per heavy atom. The normalized spacial score (nSPS) is 23.9. The quantitative estimate of drug-likeness (QED) is 0.736. The molecule has 14 heavy (non-hydrogen) atoms. The fraction of sp³-hybridized carbons (Fsp3) is 1.00. The van der Waals surface area contributed by atoms with Crippen molar-refractivity contribution in [3.8, 4) is 0 Å². The molecule has 1 aliphatic rings. The van der Waals surface area contributed by atoms with Gasteiger partial charge in [-0.25, -0.2) is 0 Å². The first-order valence-corrected chi connectivity index (χ1v) is 5.85. The van der Waals surface area contributed by atoms with Crippen LogP contribution in [0, 0.1) is 0 Å². The predicted molar refractivity (Wildman–Crippen MR) is 58.6 cm³/mol. The van der Waals surface area contributed by atoms with Gasteiger partial charge in [0, 0.05) is 32.7 Å². The first-order chi connectivity index (χ1) is 5.98. The lowest BCUT2D eigenvalue weighted by Crippen LogP contribution is -2.41. The van der Waals surface area contributed by atoms with Crippen LogP contribution in [-0.4, -0.2) is 49.8 Å². The van der Waals surface area contributed by atoms with Gasteiger partial charge in [-0.1, -0.05) is 6.92 Å². The Morgan fingerprint density at radius 1 is 1.57 bits per heavy atom. The van der Waals surface area contributed by atoms with E-state index >= 15 is 0 Å². The highest BCUT2D eigenvalue weighted by Crippen LogP contribution is 2.14. The summed E-state index contributed by atoms with van der Waals surface area (Å²) < 4.78 is 26.2. The van der Waals surface area contributed by atoms with Gasteiger partial charge in [-0.05, 0) is 6.42 Å². The van der Waals surface area contributed by atoms with Crippen LogP contribution in [0.2, 0.25) is 0 Å². The summed E-state index contributed by atoms with van der Waals surface area (Å²) >= 11 is 0. The van der Waals surface area contributed by atoms with E-state index in [4.69, 9.17) is 5.73 Å². The molecule has 0 bridgehead atoms. The molecule has 1 unspecified atom stereocenters. The summed E-state index contributed by atoms with van der Waals surface area (Å²) in [6, 6.07) is 0.0000288. The molecule has 1 fully saturated rings. The Balaban J connectivity index is 0.00000169. The third-order valence-electron chi connectivity index (χ3n) is 2.35. The van der Waals surface area contributed by atoms with E-state index in [1.54, 1.807) is 7.05 Å². The average Bonchev–Trinajstić information content (AvgIpc) is 2.50. The number of halogens is 1. The van der Waals surface area contributed by atoms with Crippen molar-refractivity contribution in [2.75, 3.05) is 26.7 Å². The summed E-state index contributed by atoms with van der Waals surface area (Å²) in [6.07, 6.45) is 0.761. The molecule has 0 saturated carbocycles. The van der Waals surface area contributed by atoms with Gasteiger partial charge in [-0.15, -0.1) is 12.4 Å². The zero-order valence-corrected chi connectivity index (χ0v) is 10.1. The van der Waals surface area contributed by atoms with Crippen molar-refractivity contribution in [3.63, 3.8) is 0 Å². The zero-order valence-electron chi connectivity index (χ0n) is 8.51. The van der Waals surface area contributed by atoms with E-state index in [9.17, 15) is 8.42 Å². The standard InChI is InChI=1S/C7H17N3O2S.ClH/c1-3-9(2)13(11,12)10-5-4-7(8)6-10;/h7H,3-6,8H2,1-2H3;1H. The van der Waals surface area contributed by atoms with Crippen LogP contribution >= 0.6 is 12.4 Å². The van der Waals surface area contributed by atoms with Gasteiger partial charge in [-0.2, -0.15) is 17.0 Å². The smallest absolute Gasteiger partial charge is 0.281 e. The molecule has 1 saturated heterocycles. The lowest BCUT2D eigenvalue weighted by Gasteiger charge is -2.22. The second kappa shape index (κ2) is 5.27. The number of nitrogens with zero attached hydrogens (tertiary/aromatic N) is 2. The Hall–Kier alpha value is 0.120. The molecule has 0 aromatic heterocycles. The number of nitrogens with two attached hydrogens (primary N) is 1. The first kappa shape index (κ1) is 14.1. The van der Waals surface area contributed by atoms with Crippen molar-refractivity contribution >= 4 is 22.6 Å². The van der Waals surface area contributed by atoms with E-state index in [2.05, 4.69) is 0 Å². The predicted octanol–water partition coefficient (Wildman–Crippen LogP) is -0.362. The molecular weight excluding hydrogens is 226 g/mol. The third kappa shape index (κ3) is 2.80. The fourth-order valence-corrected chi connectivity index (χ4v) is 2.76. The van der Waals surface area contributed by atoms with Crippen LogP contribution < -0.4 is 5.73 Å². The number of rotatable bonds is 3. The van der Waals surface area contributed by atoms with Crippen LogP contribution in [0.25, 0.3) is 0 Å². The molecule has 1 atom stereocenters. The van der Waals surface area contributed by atoms with Gasteiger partial charge in [0.15, 0.2) is 0 Å². The molecule has 0 aliphatic carbocycles. The van der Waals surface area contributed by atoms with Crippen molar-refractivity contribution in [2.24, 2.45) is 5.73 Å². The minimum absolute atomic E-state index is 0. The van der Waals surface area contributed by atoms with Crippen LogP contribution in [0.5, 0.6) is 0 Å². The first-order valence-electron chi connectivity index (χ1n) is 4.45. The summed E-state index contributed by atoms with van der Waals surface area (Å²) in [4.78, 5) is 0. The average molecular weight is 244 g/mol. The molecule has 5 nitrogen and oxygen atoms in total. The van der Waals surface area contributed by atoms with Crippen LogP contribution in [0.15, 0.2) is 0 Å². The van der Waals surface area contributed by atoms with E-state index < -0.39 is 10.2 Å². The molecule has 1 heterocycles. The van der Waals surface area contributed by atoms with E-state index in [0.29, 0.717) is 19.6 Å². The molecule has 7 heteroatoms. The molecule has 0 amide bonds. The molecule has 1 aliphatic heterocycles. The number of hydrogen-bond donors (Lipinski definition) is 1. The molecule has 1 rings (SSSR count). The molecular formula is C7H18ClN3O2S. The Kier molecular flexibility index (Phi) is 5.32. The van der Waals surface area contributed by atoms with Crippen LogP contribution in [0.3, 0.4) is 0 Å². The highest BCUT2D eigenvalue weighted by atomic mass is 35.5. The van der Waals surface area contributed by atoms with Gasteiger partial charge < -0.3 is 5.73 Å². The molecule has 0 aromatic carbocycles. The second-order valence-electron chi connectivity index (χ2n) is 3.33. The maximum absolute atomic E-state index is 11.7. The van der Waals surface area contributed by atoms with Crippen LogP contribution in [0.4, 0.5) is 0 Å². The Morgan fingerprint density at radius 3 is 2.50 bits per heavy atom. The van der Waals surface area contributed by atoms with E-state index in [1.165, 1.54) is 8.61 Å². The SMILES string of the molecule is CCN(C)S(=O)(=O)N1CCC(N)C1.Cl. The van der Waals surface area contributed by atoms with Crippen LogP contribution in [0.1, 0.15) is 13.3 Å². The van der Waals surface area contributed by atoms with Gasteiger partial charge in [0.05, 0.1) is 0 Å². The zero-order chi connectivity index (χ0) is 10.1. The van der Waals surface area contributed by atoms with Crippen molar-refractivity contribution in [2.45, 2.75) is 19.4 Å². The molecule has 0 radical (unpaired) electrons. The lowest BCUT2D eigenvalue weighted by atomic mass is 10.3. The maximum atomic E-state index is 11.7. The Bertz CT molecular complexity index is 270. The number of hydrogen-bond acceptors (Lipinski definition) is 3. The molecule has 86 valence electrons. The van der Waals surface area contributed by atoms with Crippen LogP contribution in [-0.2, 0) is 10.2 Å². The largest absolute Gasteiger partial charge is 0.326 e. The minimum atomic E-state index is -3.24. The monoisotopic (exact) mass is 243 g/mol. The lowest BCUT2D eigenvalue weighted by molar-refractivity contribution is 0.401. The molecule has 2 N–H and O–H groups in total. The van der Waals surface area contributed by atoms with Gasteiger partial charge in [0.1, 0.15) is 0 Å². The summed E-state index contributed by atoms with van der Waals surface area (Å²) in [5, 5.41) is 0. The fourth-order valence-electron chi connectivity index (χ4n) is 1.32. The summed E-state index contributed by atoms with van der Waals surface area (Å²) in [6.45, 7) is 3.31. The maximum Gasteiger partial charge on any atom is 0.281 e. The van der Waals surface area contributed by atoms with Gasteiger partial charge in [-0.3, -0.25) is 0 Å². The topological polar surface area (TPSA) is 66.6 Å². The van der Waals surface area contributed by atoms with Crippen molar-refractivity contribution in [3.05, 3.63) is 0 Å². The van der Waals surface area contributed by atoms with Gasteiger partial charge in [0.2, 0.25) is 0 Å². The van der Waals surface area contributed by atoms with E-state index in [-0.39, 0.29) is 18.4 Å².